The molecule has 0 saturated carbocycles. The maximum Gasteiger partial charge on any atom is 0.163 e. The molecule has 17 heavy (non-hydrogen) atoms. The summed E-state index contributed by atoms with van der Waals surface area (Å²) >= 11 is 0. The van der Waals surface area contributed by atoms with E-state index in [9.17, 15) is 13.2 Å². The molecular formula is C13H10F3N. The van der Waals surface area contributed by atoms with Crippen molar-refractivity contribution in [1.29, 1.82) is 0 Å². The third-order valence-electron chi connectivity index (χ3n) is 2.52. The molecule has 2 N–H and O–H groups in total. The Morgan fingerprint density at radius 1 is 0.941 bits per heavy atom. The van der Waals surface area contributed by atoms with Crippen LogP contribution >= 0.6 is 0 Å². The predicted molar refractivity (Wildman–Crippen MR) is 58.8 cm³/mol. The first-order chi connectivity index (χ1) is 8.09. The number of halogens is 3. The summed E-state index contributed by atoms with van der Waals surface area (Å²) < 4.78 is 39.5. The Balaban J connectivity index is 2.44. The van der Waals surface area contributed by atoms with Crippen molar-refractivity contribution in [3.63, 3.8) is 0 Å². The Hall–Kier alpha value is -1.81. The minimum Gasteiger partial charge on any atom is -0.320 e. The maximum absolute atomic E-state index is 13.5. The van der Waals surface area contributed by atoms with Gasteiger partial charge in [0.2, 0.25) is 0 Å². The van der Waals surface area contributed by atoms with Gasteiger partial charge in [-0.1, -0.05) is 24.3 Å². The van der Waals surface area contributed by atoms with Gasteiger partial charge < -0.3 is 5.73 Å². The highest BCUT2D eigenvalue weighted by Gasteiger charge is 2.16. The van der Waals surface area contributed by atoms with Gasteiger partial charge in [-0.05, 0) is 23.8 Å². The fourth-order valence-electron chi connectivity index (χ4n) is 1.64. The zero-order valence-corrected chi connectivity index (χ0v) is 8.83. The summed E-state index contributed by atoms with van der Waals surface area (Å²) in [5.74, 6) is -2.42. The normalized spacial score (nSPS) is 12.5. The molecule has 1 nitrogen and oxygen atoms in total. The van der Waals surface area contributed by atoms with Crippen molar-refractivity contribution in [2.24, 2.45) is 5.73 Å². The number of rotatable bonds is 2. The van der Waals surface area contributed by atoms with Gasteiger partial charge in [0, 0.05) is 5.56 Å². The van der Waals surface area contributed by atoms with Gasteiger partial charge in [-0.25, -0.2) is 13.2 Å². The van der Waals surface area contributed by atoms with Gasteiger partial charge in [0.25, 0.3) is 0 Å². The Bertz CT molecular complexity index is 540. The molecule has 4 heteroatoms. The van der Waals surface area contributed by atoms with Gasteiger partial charge >= 0.3 is 0 Å². The van der Waals surface area contributed by atoms with Crippen LogP contribution in [0, 0.1) is 17.5 Å². The molecular weight excluding hydrogens is 227 g/mol. The SMILES string of the molecule is NC(c1cccc(F)c1)c1cccc(F)c1F. The standard InChI is InChI=1S/C13H10F3N/c14-9-4-1-3-8(7-9)13(17)10-5-2-6-11(15)12(10)16/h1-7,13H,17H2. The van der Waals surface area contributed by atoms with Gasteiger partial charge in [0.1, 0.15) is 5.82 Å². The zero-order valence-electron chi connectivity index (χ0n) is 8.83. The highest BCUT2D eigenvalue weighted by atomic mass is 19.2. The lowest BCUT2D eigenvalue weighted by molar-refractivity contribution is 0.494. The summed E-state index contributed by atoms with van der Waals surface area (Å²) in [4.78, 5) is 0. The van der Waals surface area contributed by atoms with Crippen LogP contribution < -0.4 is 5.73 Å². The molecule has 0 fully saturated rings. The first-order valence-electron chi connectivity index (χ1n) is 5.04. The lowest BCUT2D eigenvalue weighted by Crippen LogP contribution is -2.14. The van der Waals surface area contributed by atoms with Crippen molar-refractivity contribution in [3.05, 3.63) is 71.0 Å². The van der Waals surface area contributed by atoms with Crippen LogP contribution in [0.2, 0.25) is 0 Å². The summed E-state index contributed by atoms with van der Waals surface area (Å²) in [5, 5.41) is 0. The van der Waals surface area contributed by atoms with Crippen LogP contribution in [0.15, 0.2) is 42.5 Å². The third kappa shape index (κ3) is 2.31. The number of hydrogen-bond donors (Lipinski definition) is 1. The monoisotopic (exact) mass is 237 g/mol. The molecule has 0 bridgehead atoms. The van der Waals surface area contributed by atoms with Crippen LogP contribution in [-0.2, 0) is 0 Å². The van der Waals surface area contributed by atoms with Crippen molar-refractivity contribution in [2.45, 2.75) is 6.04 Å². The molecule has 0 aliphatic rings. The highest BCUT2D eigenvalue weighted by molar-refractivity contribution is 5.32. The second kappa shape index (κ2) is 4.59. The van der Waals surface area contributed by atoms with E-state index in [1.165, 1.54) is 30.3 Å². The second-order valence-electron chi connectivity index (χ2n) is 3.68. The minimum absolute atomic E-state index is 0.00981. The van der Waals surface area contributed by atoms with Gasteiger partial charge in [-0.3, -0.25) is 0 Å². The summed E-state index contributed by atoms with van der Waals surface area (Å²) in [6, 6.07) is 8.38. The topological polar surface area (TPSA) is 26.0 Å². The molecule has 0 saturated heterocycles. The fraction of sp³-hybridized carbons (Fsp3) is 0.0769. The van der Waals surface area contributed by atoms with Crippen molar-refractivity contribution >= 4 is 0 Å². The quantitative estimate of drug-likeness (QED) is 0.853. The second-order valence-corrected chi connectivity index (χ2v) is 3.68. The number of nitrogens with two attached hydrogens (primary N) is 1. The van der Waals surface area contributed by atoms with Crippen LogP contribution in [0.5, 0.6) is 0 Å². The zero-order chi connectivity index (χ0) is 12.4. The smallest absolute Gasteiger partial charge is 0.163 e. The van der Waals surface area contributed by atoms with Crippen LogP contribution in [0.1, 0.15) is 17.2 Å². The van der Waals surface area contributed by atoms with E-state index < -0.39 is 23.5 Å². The number of hydrogen-bond acceptors (Lipinski definition) is 1. The lowest BCUT2D eigenvalue weighted by atomic mass is 9.99. The van der Waals surface area contributed by atoms with E-state index in [4.69, 9.17) is 5.73 Å². The molecule has 0 heterocycles. The first-order valence-corrected chi connectivity index (χ1v) is 5.04. The molecule has 1 unspecified atom stereocenters. The molecule has 2 aromatic carbocycles. The van der Waals surface area contributed by atoms with E-state index in [1.807, 2.05) is 0 Å². The molecule has 0 aliphatic carbocycles. The average Bonchev–Trinajstić information content (AvgIpc) is 2.32. The van der Waals surface area contributed by atoms with Crippen molar-refractivity contribution in [3.8, 4) is 0 Å². The molecule has 1 atom stereocenters. The minimum atomic E-state index is -0.996. The number of benzene rings is 2. The van der Waals surface area contributed by atoms with Gasteiger partial charge in [0.05, 0.1) is 6.04 Å². The molecule has 0 aromatic heterocycles. The van der Waals surface area contributed by atoms with Crippen molar-refractivity contribution in [2.75, 3.05) is 0 Å². The highest BCUT2D eigenvalue weighted by Crippen LogP contribution is 2.23. The Morgan fingerprint density at radius 3 is 2.35 bits per heavy atom. The van der Waals surface area contributed by atoms with Crippen LogP contribution in [0.25, 0.3) is 0 Å². The summed E-state index contributed by atoms with van der Waals surface area (Å²) in [5.41, 5.74) is 6.19. The fourth-order valence-corrected chi connectivity index (χ4v) is 1.64. The van der Waals surface area contributed by atoms with E-state index in [0.717, 1.165) is 6.07 Å². The molecule has 0 aliphatic heterocycles. The summed E-state index contributed by atoms with van der Waals surface area (Å²) in [6.07, 6.45) is 0. The van der Waals surface area contributed by atoms with Gasteiger partial charge in [-0.15, -0.1) is 0 Å². The van der Waals surface area contributed by atoms with E-state index in [1.54, 1.807) is 6.07 Å². The van der Waals surface area contributed by atoms with E-state index in [-0.39, 0.29) is 5.56 Å². The van der Waals surface area contributed by atoms with E-state index in [0.29, 0.717) is 5.56 Å². The van der Waals surface area contributed by atoms with E-state index >= 15 is 0 Å². The molecule has 0 spiro atoms. The third-order valence-corrected chi connectivity index (χ3v) is 2.52. The molecule has 2 rings (SSSR count). The van der Waals surface area contributed by atoms with Crippen LogP contribution in [-0.4, -0.2) is 0 Å². The van der Waals surface area contributed by atoms with E-state index in [2.05, 4.69) is 0 Å². The summed E-state index contributed by atoms with van der Waals surface area (Å²) in [7, 11) is 0. The molecule has 2 aromatic rings. The van der Waals surface area contributed by atoms with Gasteiger partial charge in [-0.2, -0.15) is 0 Å². The largest absolute Gasteiger partial charge is 0.320 e. The first kappa shape index (κ1) is 11.7. The average molecular weight is 237 g/mol. The molecule has 0 radical (unpaired) electrons. The van der Waals surface area contributed by atoms with Gasteiger partial charge in [0.15, 0.2) is 11.6 Å². The Labute approximate surface area is 96.7 Å². The maximum atomic E-state index is 13.5. The molecule has 0 amide bonds. The lowest BCUT2D eigenvalue weighted by Gasteiger charge is -2.13. The Morgan fingerprint density at radius 2 is 1.65 bits per heavy atom. The Kier molecular flexibility index (Phi) is 3.15. The molecule has 88 valence electrons. The van der Waals surface area contributed by atoms with Crippen LogP contribution in [0.4, 0.5) is 13.2 Å². The van der Waals surface area contributed by atoms with Crippen molar-refractivity contribution < 1.29 is 13.2 Å². The van der Waals surface area contributed by atoms with Crippen LogP contribution in [0.3, 0.4) is 0 Å². The predicted octanol–water partition coefficient (Wildman–Crippen LogP) is 3.15. The van der Waals surface area contributed by atoms with Crippen molar-refractivity contribution in [1.82, 2.24) is 0 Å². The summed E-state index contributed by atoms with van der Waals surface area (Å²) in [6.45, 7) is 0.